The van der Waals surface area contributed by atoms with Crippen LogP contribution < -0.4 is 5.32 Å². The van der Waals surface area contributed by atoms with E-state index in [-0.39, 0.29) is 77.0 Å². The molecule has 3 amide bonds. The molecule has 7 rings (SSSR count). The number of nitrogens with one attached hydrogen (secondary N) is 1. The van der Waals surface area contributed by atoms with Gasteiger partial charge in [0.25, 0.3) is 5.91 Å². The van der Waals surface area contributed by atoms with Gasteiger partial charge in [0.15, 0.2) is 11.2 Å². The average molecular weight is 908 g/mol. The number of carbonyl (C=O) groups is 5. The van der Waals surface area contributed by atoms with Crippen LogP contribution in [-0.2, 0) is 47.9 Å². The standard InChI is InChI=1S/C40H48F2N5O11PS2/c1-24(2)15-34(48)60-14-13-56-59(53,57-23-55-39(52)58-30-21-54-22-30)40(41,42)28-7-10-32-26(16-28)17-33(61-32)36(49)45-18-25-5-3-6-29-8-9-31(47(29)37(25)50)38(51)46-19-27(20-46)35-43-11-4-12-44-35/h4,7,10-12,16-17,24-25,27,29-31H,3,5-6,8-9,13-15,18-23H2,1-2H3,(H,45,49)/t25?,29-,31-,59?/m0/s1. The number of hydrogen-bond acceptors (Lipinski definition) is 15. The molecule has 0 aliphatic carbocycles. The third kappa shape index (κ3) is 10.4. The lowest BCUT2D eigenvalue weighted by atomic mass is 9.96. The van der Waals surface area contributed by atoms with Crippen molar-refractivity contribution < 1.29 is 60.6 Å². The Balaban J connectivity index is 0.979. The number of carbonyl (C=O) groups excluding carboxylic acids is 5. The molecule has 4 fully saturated rings. The smallest absolute Gasteiger partial charge is 0.426 e. The third-order valence-electron chi connectivity index (χ3n) is 11.0. The fraction of sp³-hybridized carbons (Fsp3) is 0.575. The molecule has 21 heteroatoms. The normalized spacial score (nSPS) is 21.9. The molecule has 4 aliphatic heterocycles. The highest BCUT2D eigenvalue weighted by molar-refractivity contribution is 8.13. The van der Waals surface area contributed by atoms with E-state index in [1.165, 1.54) is 12.1 Å². The van der Waals surface area contributed by atoms with E-state index < -0.39 is 62.3 Å². The number of aromatic nitrogens is 2. The maximum absolute atomic E-state index is 16.3. The van der Waals surface area contributed by atoms with E-state index in [4.69, 9.17) is 23.3 Å². The first kappa shape index (κ1) is 45.0. The zero-order chi connectivity index (χ0) is 43.3. The van der Waals surface area contributed by atoms with Gasteiger partial charge >= 0.3 is 19.4 Å². The predicted molar refractivity (Wildman–Crippen MR) is 219 cm³/mol. The van der Waals surface area contributed by atoms with E-state index in [1.54, 1.807) is 28.3 Å². The quantitative estimate of drug-likeness (QED) is 0.0687. The fourth-order valence-corrected chi connectivity index (χ4v) is 11.0. The number of likely N-dealkylation sites (tertiary alicyclic amines) is 1. The molecule has 3 aromatic rings. The summed E-state index contributed by atoms with van der Waals surface area (Å²) in [4.78, 5) is 77.5. The number of nitrogens with zero attached hydrogens (tertiary/aromatic N) is 4. The van der Waals surface area contributed by atoms with Crippen molar-refractivity contribution in [1.29, 1.82) is 0 Å². The fourth-order valence-electron chi connectivity index (χ4n) is 7.72. The van der Waals surface area contributed by atoms with Gasteiger partial charge in [0, 0.05) is 60.5 Å². The molecule has 1 aromatic carbocycles. The largest absolute Gasteiger partial charge is 0.510 e. The summed E-state index contributed by atoms with van der Waals surface area (Å²) in [6, 6.07) is 6.01. The van der Waals surface area contributed by atoms with Crippen molar-refractivity contribution in [1.82, 2.24) is 25.1 Å². The highest BCUT2D eigenvalue weighted by atomic mass is 32.2. The van der Waals surface area contributed by atoms with Gasteiger partial charge in [-0.05, 0) is 61.3 Å². The molecular weight excluding hydrogens is 860 g/mol. The van der Waals surface area contributed by atoms with Crippen LogP contribution in [0.1, 0.15) is 79.3 Å². The number of halogens is 2. The van der Waals surface area contributed by atoms with Crippen LogP contribution in [0, 0.1) is 11.8 Å². The second-order valence-corrected chi connectivity index (χ2v) is 20.2. The summed E-state index contributed by atoms with van der Waals surface area (Å²) in [5.74, 6) is -0.580. The van der Waals surface area contributed by atoms with Gasteiger partial charge in [-0.3, -0.25) is 28.3 Å². The Hall–Kier alpha value is -4.07. The van der Waals surface area contributed by atoms with Gasteiger partial charge in [0.2, 0.25) is 18.6 Å². The Morgan fingerprint density at radius 3 is 2.56 bits per heavy atom. The molecule has 6 heterocycles. The van der Waals surface area contributed by atoms with E-state index in [1.807, 2.05) is 13.8 Å². The number of amides is 3. The van der Waals surface area contributed by atoms with Crippen LogP contribution in [0.4, 0.5) is 13.6 Å². The number of fused-ring (bicyclic) bond motifs is 2. The lowest BCUT2D eigenvalue weighted by molar-refractivity contribution is -0.149. The topological polar surface area (TPSA) is 193 Å². The van der Waals surface area contributed by atoms with E-state index in [0.29, 0.717) is 36.5 Å². The van der Waals surface area contributed by atoms with E-state index in [9.17, 15) is 28.5 Å². The Bertz CT molecular complexity index is 2140. The van der Waals surface area contributed by atoms with Gasteiger partial charge in [-0.25, -0.2) is 14.8 Å². The third-order valence-corrected chi connectivity index (χ3v) is 14.9. The first-order valence-corrected chi connectivity index (χ1v) is 23.6. The van der Waals surface area contributed by atoms with Crippen molar-refractivity contribution in [2.45, 2.75) is 82.1 Å². The number of thiophene rings is 1. The van der Waals surface area contributed by atoms with Crippen LogP contribution in [0.3, 0.4) is 0 Å². The Morgan fingerprint density at radius 1 is 1.07 bits per heavy atom. The first-order valence-electron chi connectivity index (χ1n) is 20.3. The molecule has 4 atom stereocenters. The molecular formula is C40H48F2N5O11PS2. The van der Waals surface area contributed by atoms with Crippen LogP contribution in [-0.4, -0.2) is 119 Å². The zero-order valence-electron chi connectivity index (χ0n) is 33.7. The Morgan fingerprint density at radius 2 is 1.84 bits per heavy atom. The maximum Gasteiger partial charge on any atom is 0.510 e. The summed E-state index contributed by atoms with van der Waals surface area (Å²) in [7, 11) is -5.44. The number of alkyl halides is 2. The van der Waals surface area contributed by atoms with Crippen LogP contribution in [0.5, 0.6) is 0 Å². The molecule has 0 radical (unpaired) electrons. The summed E-state index contributed by atoms with van der Waals surface area (Å²) in [5, 5.41) is 2.90. The molecule has 0 spiro atoms. The van der Waals surface area contributed by atoms with Gasteiger partial charge in [-0.1, -0.05) is 38.1 Å². The summed E-state index contributed by atoms with van der Waals surface area (Å²) >= 11 is 1.90. The van der Waals surface area contributed by atoms with Crippen molar-refractivity contribution in [2.75, 3.05) is 52.0 Å². The van der Waals surface area contributed by atoms with Crippen LogP contribution in [0.2, 0.25) is 0 Å². The molecule has 2 unspecified atom stereocenters. The maximum atomic E-state index is 16.3. The zero-order valence-corrected chi connectivity index (χ0v) is 36.2. The number of thioether (sulfide) groups is 1. The van der Waals surface area contributed by atoms with Crippen LogP contribution in [0.25, 0.3) is 10.1 Å². The lowest BCUT2D eigenvalue weighted by Gasteiger charge is -2.41. The van der Waals surface area contributed by atoms with E-state index in [2.05, 4.69) is 15.3 Å². The molecule has 0 bridgehead atoms. The second kappa shape index (κ2) is 19.5. The van der Waals surface area contributed by atoms with Gasteiger partial charge in [-0.15, -0.1) is 11.3 Å². The highest BCUT2D eigenvalue weighted by Gasteiger charge is 2.56. The highest BCUT2D eigenvalue weighted by Crippen LogP contribution is 2.67. The Kier molecular flexibility index (Phi) is 14.4. The summed E-state index contributed by atoms with van der Waals surface area (Å²) in [5.41, 5.74) is -5.02. The minimum Gasteiger partial charge on any atom is -0.426 e. The average Bonchev–Trinajstić information content (AvgIpc) is 3.79. The van der Waals surface area contributed by atoms with E-state index >= 15 is 8.78 Å². The summed E-state index contributed by atoms with van der Waals surface area (Å²) in [6.07, 6.45) is 5.16. The molecule has 330 valence electrons. The monoisotopic (exact) mass is 907 g/mol. The predicted octanol–water partition coefficient (Wildman–Crippen LogP) is 6.30. The number of ether oxygens (including phenoxy) is 3. The number of benzene rings is 1. The van der Waals surface area contributed by atoms with Crippen molar-refractivity contribution in [3.8, 4) is 0 Å². The first-order chi connectivity index (χ1) is 29.2. The van der Waals surface area contributed by atoms with Gasteiger partial charge in [-0.2, -0.15) is 8.78 Å². The Labute approximate surface area is 359 Å². The van der Waals surface area contributed by atoms with Crippen LogP contribution >= 0.6 is 30.7 Å². The van der Waals surface area contributed by atoms with Crippen molar-refractivity contribution in [3.63, 3.8) is 0 Å². The van der Waals surface area contributed by atoms with Crippen molar-refractivity contribution in [3.05, 3.63) is 59.0 Å². The molecule has 16 nitrogen and oxygen atoms in total. The molecule has 4 saturated heterocycles. The van der Waals surface area contributed by atoms with Crippen molar-refractivity contribution in [2.24, 2.45) is 11.8 Å². The van der Waals surface area contributed by atoms with Gasteiger partial charge in [0.05, 0.1) is 36.5 Å². The van der Waals surface area contributed by atoms with Gasteiger partial charge in [0.1, 0.15) is 11.9 Å². The molecule has 1 N–H and O–H groups in total. The summed E-state index contributed by atoms with van der Waals surface area (Å²) < 4.78 is 71.6. The molecule has 61 heavy (non-hydrogen) atoms. The molecule has 0 saturated carbocycles. The number of hydrogen-bond donors (Lipinski definition) is 1. The van der Waals surface area contributed by atoms with Crippen molar-refractivity contribution >= 4 is 69.8 Å². The van der Waals surface area contributed by atoms with Gasteiger partial charge < -0.3 is 33.9 Å². The molecule has 4 aliphatic rings. The molecule has 2 aromatic heterocycles. The lowest BCUT2D eigenvalue weighted by Crippen LogP contribution is -2.57. The summed E-state index contributed by atoms with van der Waals surface area (Å²) in [6.45, 7) is 3.30. The van der Waals surface area contributed by atoms with E-state index in [0.717, 1.165) is 54.5 Å². The SMILES string of the molecule is CC(C)CC(=O)SCCOP(=O)(OCOC(=O)OC1COC1)C(F)(F)c1ccc2sc(C(=O)NCC3CCC[C@H]4CC[C@@H](C(=O)N5CC(c6ncccn6)C5)N4C3=O)cc2c1. The minimum absolute atomic E-state index is 0.0275. The minimum atomic E-state index is -5.44. The van der Waals surface area contributed by atoms with Crippen LogP contribution in [0.15, 0.2) is 42.7 Å². The number of rotatable bonds is 17. The second-order valence-electron chi connectivity index (χ2n) is 15.8.